The molecule has 0 N–H and O–H groups in total. The Bertz CT molecular complexity index is 561. The lowest BCUT2D eigenvalue weighted by Crippen LogP contribution is -2.39. The molecule has 0 saturated heterocycles. The Morgan fingerprint density at radius 3 is 2.71 bits per heavy atom. The number of benzene rings is 1. The van der Waals surface area contributed by atoms with Crippen LogP contribution in [0.2, 0.25) is 0 Å². The highest BCUT2D eigenvalue weighted by Gasteiger charge is 2.22. The molecule has 0 heterocycles. The zero-order valence-electron chi connectivity index (χ0n) is 7.79. The second-order valence-corrected chi connectivity index (χ2v) is 3.70. The van der Waals surface area contributed by atoms with E-state index in [9.17, 15) is 4.79 Å². The van der Waals surface area contributed by atoms with Crippen LogP contribution in [0.4, 0.5) is 0 Å². The number of carbonyl (C=O) groups is 1. The highest BCUT2D eigenvalue weighted by molar-refractivity contribution is 6.32. The van der Waals surface area contributed by atoms with E-state index in [1.165, 1.54) is 5.22 Å². The van der Waals surface area contributed by atoms with Crippen molar-refractivity contribution in [3.8, 4) is 0 Å². The van der Waals surface area contributed by atoms with Crippen molar-refractivity contribution in [2.45, 2.75) is 12.8 Å². The van der Waals surface area contributed by atoms with Crippen LogP contribution in [0.15, 0.2) is 36.4 Å². The van der Waals surface area contributed by atoms with Gasteiger partial charge in [-0.3, -0.25) is 4.79 Å². The minimum Gasteiger partial charge on any atom is -0.294 e. The summed E-state index contributed by atoms with van der Waals surface area (Å²) < 4.78 is 0. The number of carbonyl (C=O) groups excluding carboxylic acids is 1. The topological polar surface area (TPSA) is 17.1 Å². The SMILES string of the molecule is O=C1CCC=CC2=c3ccccc3=C12. The van der Waals surface area contributed by atoms with E-state index >= 15 is 0 Å². The fraction of sp³-hybridized carbons (Fsp3) is 0.154. The molecule has 0 aliphatic heterocycles. The zero-order chi connectivity index (χ0) is 9.54. The molecule has 3 rings (SSSR count). The van der Waals surface area contributed by atoms with Gasteiger partial charge in [-0.1, -0.05) is 36.4 Å². The molecule has 0 fully saturated rings. The number of hydrogen-bond donors (Lipinski definition) is 0. The van der Waals surface area contributed by atoms with Crippen LogP contribution in [-0.2, 0) is 4.79 Å². The molecule has 1 nitrogen and oxygen atoms in total. The molecule has 2 aliphatic rings. The van der Waals surface area contributed by atoms with Crippen molar-refractivity contribution < 1.29 is 4.79 Å². The third-order valence-electron chi connectivity index (χ3n) is 2.86. The monoisotopic (exact) mass is 182 g/mol. The molecule has 0 atom stereocenters. The largest absolute Gasteiger partial charge is 0.294 e. The van der Waals surface area contributed by atoms with Crippen molar-refractivity contribution >= 4 is 16.9 Å². The minimum absolute atomic E-state index is 0.295. The number of allylic oxidation sites excluding steroid dienone is 2. The van der Waals surface area contributed by atoms with E-state index in [1.807, 2.05) is 18.2 Å². The van der Waals surface area contributed by atoms with E-state index in [0.717, 1.165) is 22.8 Å². The van der Waals surface area contributed by atoms with Crippen LogP contribution in [0.1, 0.15) is 12.8 Å². The first-order valence-electron chi connectivity index (χ1n) is 4.92. The quantitative estimate of drug-likeness (QED) is 0.583. The van der Waals surface area contributed by atoms with Crippen LogP contribution in [0.25, 0.3) is 11.1 Å². The summed E-state index contributed by atoms with van der Waals surface area (Å²) in [5.74, 6) is 0.295. The van der Waals surface area contributed by atoms with Crippen LogP contribution in [0, 0.1) is 0 Å². The van der Waals surface area contributed by atoms with Crippen molar-refractivity contribution in [1.82, 2.24) is 0 Å². The fourth-order valence-electron chi connectivity index (χ4n) is 2.17. The molecule has 68 valence electrons. The van der Waals surface area contributed by atoms with Crippen molar-refractivity contribution in [1.29, 1.82) is 0 Å². The molecule has 0 bridgehead atoms. The van der Waals surface area contributed by atoms with E-state index in [2.05, 4.69) is 18.2 Å². The Labute approximate surface area is 82.1 Å². The first-order chi connectivity index (χ1) is 6.88. The van der Waals surface area contributed by atoms with Gasteiger partial charge in [0.05, 0.1) is 0 Å². The Kier molecular flexibility index (Phi) is 1.48. The van der Waals surface area contributed by atoms with Gasteiger partial charge in [-0.2, -0.15) is 0 Å². The Balaban J connectivity index is 2.38. The average Bonchev–Trinajstić information content (AvgIpc) is 2.33. The summed E-state index contributed by atoms with van der Waals surface area (Å²) >= 11 is 0. The molecule has 2 aliphatic carbocycles. The molecule has 14 heavy (non-hydrogen) atoms. The van der Waals surface area contributed by atoms with E-state index in [0.29, 0.717) is 12.2 Å². The highest BCUT2D eigenvalue weighted by Crippen LogP contribution is 2.22. The van der Waals surface area contributed by atoms with Gasteiger partial charge in [0.2, 0.25) is 0 Å². The van der Waals surface area contributed by atoms with Gasteiger partial charge in [0.15, 0.2) is 5.78 Å². The predicted octanol–water partition coefficient (Wildman–Crippen LogP) is 0.921. The molecule has 0 spiro atoms. The molecule has 0 saturated carbocycles. The normalized spacial score (nSPS) is 18.4. The summed E-state index contributed by atoms with van der Waals surface area (Å²) in [7, 11) is 0. The van der Waals surface area contributed by atoms with Crippen LogP contribution in [0.3, 0.4) is 0 Å². The van der Waals surface area contributed by atoms with Gasteiger partial charge in [0.1, 0.15) is 0 Å². The standard InChI is InChI=1S/C13H10O/c14-12-8-4-3-7-11-9-5-1-2-6-10(9)13(11)12/h1-3,5-7H,4,8H2. The minimum atomic E-state index is 0.295. The molecule has 0 aromatic heterocycles. The van der Waals surface area contributed by atoms with Crippen molar-refractivity contribution in [2.75, 3.05) is 0 Å². The molecule has 0 unspecified atom stereocenters. The number of hydrogen-bond acceptors (Lipinski definition) is 1. The summed E-state index contributed by atoms with van der Waals surface area (Å²) in [6, 6.07) is 8.12. The van der Waals surface area contributed by atoms with Gasteiger partial charge >= 0.3 is 0 Å². The van der Waals surface area contributed by atoms with Gasteiger partial charge in [0, 0.05) is 12.0 Å². The molecular formula is C13H10O. The summed E-state index contributed by atoms with van der Waals surface area (Å²) in [5.41, 5.74) is 2.09. The van der Waals surface area contributed by atoms with Crippen LogP contribution in [-0.4, -0.2) is 5.78 Å². The van der Waals surface area contributed by atoms with Gasteiger partial charge in [0.25, 0.3) is 0 Å². The van der Waals surface area contributed by atoms with Gasteiger partial charge in [-0.15, -0.1) is 0 Å². The highest BCUT2D eigenvalue weighted by atomic mass is 16.1. The molecule has 0 amide bonds. The Morgan fingerprint density at radius 1 is 1.07 bits per heavy atom. The lowest BCUT2D eigenvalue weighted by atomic mass is 9.88. The molecule has 1 heteroatoms. The van der Waals surface area contributed by atoms with E-state index in [4.69, 9.17) is 0 Å². The molecular weight excluding hydrogens is 172 g/mol. The Hall–Kier alpha value is -1.63. The van der Waals surface area contributed by atoms with Crippen LogP contribution in [0.5, 0.6) is 0 Å². The number of ketones is 1. The summed E-state index contributed by atoms with van der Waals surface area (Å²) in [5, 5.41) is 2.37. The third kappa shape index (κ3) is 0.869. The van der Waals surface area contributed by atoms with Gasteiger partial charge in [-0.05, 0) is 22.4 Å². The second-order valence-electron chi connectivity index (χ2n) is 3.70. The average molecular weight is 182 g/mol. The summed E-state index contributed by atoms with van der Waals surface area (Å²) in [4.78, 5) is 11.7. The van der Waals surface area contributed by atoms with Gasteiger partial charge in [-0.25, -0.2) is 0 Å². The maximum Gasteiger partial charge on any atom is 0.164 e. The fourth-order valence-corrected chi connectivity index (χ4v) is 2.17. The van der Waals surface area contributed by atoms with E-state index in [-0.39, 0.29) is 0 Å². The van der Waals surface area contributed by atoms with Crippen molar-refractivity contribution in [3.05, 3.63) is 46.9 Å². The predicted molar refractivity (Wildman–Crippen MR) is 55.9 cm³/mol. The third-order valence-corrected chi connectivity index (χ3v) is 2.86. The lowest BCUT2D eigenvalue weighted by molar-refractivity contribution is -0.113. The summed E-state index contributed by atoms with van der Waals surface area (Å²) in [6.45, 7) is 0. The number of fused-ring (bicyclic) bond motifs is 2. The number of rotatable bonds is 0. The molecule has 0 radical (unpaired) electrons. The van der Waals surface area contributed by atoms with E-state index in [1.54, 1.807) is 0 Å². The second kappa shape index (κ2) is 2.68. The Morgan fingerprint density at radius 2 is 1.86 bits per heavy atom. The van der Waals surface area contributed by atoms with Crippen LogP contribution >= 0.6 is 0 Å². The zero-order valence-corrected chi connectivity index (χ0v) is 7.79. The van der Waals surface area contributed by atoms with Crippen molar-refractivity contribution in [2.24, 2.45) is 0 Å². The lowest BCUT2D eigenvalue weighted by Gasteiger charge is -2.14. The van der Waals surface area contributed by atoms with Crippen LogP contribution < -0.4 is 10.4 Å². The maximum absolute atomic E-state index is 11.7. The van der Waals surface area contributed by atoms with E-state index < -0.39 is 0 Å². The smallest absolute Gasteiger partial charge is 0.164 e. The molecule has 1 aromatic carbocycles. The van der Waals surface area contributed by atoms with Crippen molar-refractivity contribution in [3.63, 3.8) is 0 Å². The molecule has 1 aromatic rings. The first kappa shape index (κ1) is 7.74. The van der Waals surface area contributed by atoms with Gasteiger partial charge < -0.3 is 0 Å². The number of Topliss-reactive ketones (excluding diaryl/α,β-unsaturated/α-hetero) is 1. The first-order valence-corrected chi connectivity index (χ1v) is 4.92. The summed E-state index contributed by atoms with van der Waals surface area (Å²) in [6.07, 6.45) is 5.71. The maximum atomic E-state index is 11.7.